The van der Waals surface area contributed by atoms with Crippen LogP contribution in [0, 0.1) is 5.82 Å². The SMILES string of the molecule is CCC(CC)(OC)C(NN)c1cc2cc(F)ccc2o1. The molecule has 0 amide bonds. The summed E-state index contributed by atoms with van der Waals surface area (Å²) in [5.41, 5.74) is 2.96. The number of ether oxygens (including phenoxy) is 1. The summed E-state index contributed by atoms with van der Waals surface area (Å²) in [6.07, 6.45) is 1.56. The molecule has 3 N–H and O–H groups in total. The average molecular weight is 280 g/mol. The zero-order valence-electron chi connectivity index (χ0n) is 12.1. The van der Waals surface area contributed by atoms with Crippen molar-refractivity contribution in [1.82, 2.24) is 5.43 Å². The van der Waals surface area contributed by atoms with Gasteiger partial charge in [-0.25, -0.2) is 9.82 Å². The number of hydrogen-bond acceptors (Lipinski definition) is 4. The van der Waals surface area contributed by atoms with Gasteiger partial charge in [0.1, 0.15) is 23.2 Å². The zero-order valence-corrected chi connectivity index (χ0v) is 12.1. The van der Waals surface area contributed by atoms with Crippen LogP contribution < -0.4 is 11.3 Å². The third-order valence-electron chi connectivity index (χ3n) is 4.08. The van der Waals surface area contributed by atoms with Crippen molar-refractivity contribution < 1.29 is 13.5 Å². The largest absolute Gasteiger partial charge is 0.459 e. The molecule has 2 aromatic rings. The summed E-state index contributed by atoms with van der Waals surface area (Å²) < 4.78 is 24.7. The van der Waals surface area contributed by atoms with Gasteiger partial charge < -0.3 is 9.15 Å². The van der Waals surface area contributed by atoms with Gasteiger partial charge in [-0.1, -0.05) is 13.8 Å². The minimum atomic E-state index is -0.457. The van der Waals surface area contributed by atoms with Crippen LogP contribution in [-0.2, 0) is 4.74 Å². The van der Waals surface area contributed by atoms with Crippen molar-refractivity contribution in [2.45, 2.75) is 38.3 Å². The fourth-order valence-corrected chi connectivity index (χ4v) is 2.74. The number of nitrogens with one attached hydrogen (secondary N) is 1. The standard InChI is InChI=1S/C15H21FN2O2/c1-4-15(5-2,19-3)14(18-17)13-9-10-8-11(16)6-7-12(10)20-13/h6-9,14,18H,4-5,17H2,1-3H3. The van der Waals surface area contributed by atoms with Gasteiger partial charge in [-0.2, -0.15) is 0 Å². The molecule has 0 bridgehead atoms. The quantitative estimate of drug-likeness (QED) is 0.629. The van der Waals surface area contributed by atoms with Crippen LogP contribution in [0.5, 0.6) is 0 Å². The molecule has 20 heavy (non-hydrogen) atoms. The minimum Gasteiger partial charge on any atom is -0.459 e. The molecule has 1 atom stereocenters. The first-order valence-electron chi connectivity index (χ1n) is 6.80. The fraction of sp³-hybridized carbons (Fsp3) is 0.467. The van der Waals surface area contributed by atoms with E-state index >= 15 is 0 Å². The maximum absolute atomic E-state index is 13.3. The fourth-order valence-electron chi connectivity index (χ4n) is 2.74. The van der Waals surface area contributed by atoms with Crippen LogP contribution in [0.3, 0.4) is 0 Å². The average Bonchev–Trinajstić information content (AvgIpc) is 2.87. The summed E-state index contributed by atoms with van der Waals surface area (Å²) in [4.78, 5) is 0. The minimum absolute atomic E-state index is 0.286. The number of nitrogens with two attached hydrogens (primary N) is 1. The van der Waals surface area contributed by atoms with Crippen molar-refractivity contribution in [2.24, 2.45) is 5.84 Å². The molecule has 0 aliphatic carbocycles. The van der Waals surface area contributed by atoms with Crippen LogP contribution in [0.4, 0.5) is 4.39 Å². The first-order valence-corrected chi connectivity index (χ1v) is 6.80. The Kier molecular flexibility index (Phi) is 4.42. The molecular formula is C15H21FN2O2. The van der Waals surface area contributed by atoms with Crippen molar-refractivity contribution in [2.75, 3.05) is 7.11 Å². The van der Waals surface area contributed by atoms with Crippen molar-refractivity contribution in [3.63, 3.8) is 0 Å². The van der Waals surface area contributed by atoms with Gasteiger partial charge in [-0.3, -0.25) is 5.84 Å². The molecule has 0 aliphatic heterocycles. The van der Waals surface area contributed by atoms with Crippen molar-refractivity contribution in [3.8, 4) is 0 Å². The Balaban J connectivity index is 2.48. The highest BCUT2D eigenvalue weighted by Gasteiger charge is 2.38. The third-order valence-corrected chi connectivity index (χ3v) is 4.08. The lowest BCUT2D eigenvalue weighted by Crippen LogP contribution is -2.47. The highest BCUT2D eigenvalue weighted by molar-refractivity contribution is 5.78. The summed E-state index contributed by atoms with van der Waals surface area (Å²) in [5.74, 6) is 6.07. The molecule has 2 rings (SSSR count). The normalized spacial score (nSPS) is 13.8. The van der Waals surface area contributed by atoms with Gasteiger partial charge in [-0.15, -0.1) is 0 Å². The smallest absolute Gasteiger partial charge is 0.134 e. The van der Waals surface area contributed by atoms with E-state index in [1.54, 1.807) is 13.2 Å². The van der Waals surface area contributed by atoms with Gasteiger partial charge in [0.15, 0.2) is 0 Å². The Hall–Kier alpha value is -1.43. The van der Waals surface area contributed by atoms with E-state index in [1.165, 1.54) is 12.1 Å². The Labute approximate surface area is 118 Å². The predicted molar refractivity (Wildman–Crippen MR) is 76.6 cm³/mol. The molecule has 0 fully saturated rings. The predicted octanol–water partition coefficient (Wildman–Crippen LogP) is 3.28. The Morgan fingerprint density at radius 2 is 2.05 bits per heavy atom. The van der Waals surface area contributed by atoms with Crippen LogP contribution >= 0.6 is 0 Å². The molecule has 4 nitrogen and oxygen atoms in total. The molecule has 0 radical (unpaired) electrons. The zero-order chi connectivity index (χ0) is 14.8. The van der Waals surface area contributed by atoms with Crippen LogP contribution in [0.2, 0.25) is 0 Å². The Morgan fingerprint density at radius 1 is 1.35 bits per heavy atom. The van der Waals surface area contributed by atoms with E-state index in [9.17, 15) is 4.39 Å². The number of rotatable bonds is 6. The second kappa shape index (κ2) is 5.91. The van der Waals surface area contributed by atoms with Crippen LogP contribution in [0.15, 0.2) is 28.7 Å². The lowest BCUT2D eigenvalue weighted by molar-refractivity contribution is -0.0533. The first kappa shape index (κ1) is 15.0. The number of hydrazine groups is 1. The second-order valence-corrected chi connectivity index (χ2v) is 4.91. The van der Waals surface area contributed by atoms with Gasteiger partial charge in [0.05, 0.1) is 5.60 Å². The Morgan fingerprint density at radius 3 is 2.60 bits per heavy atom. The summed E-state index contributed by atoms with van der Waals surface area (Å²) in [6, 6.07) is 5.96. The van der Waals surface area contributed by atoms with Crippen molar-refractivity contribution in [3.05, 3.63) is 35.8 Å². The van der Waals surface area contributed by atoms with E-state index in [-0.39, 0.29) is 11.9 Å². The van der Waals surface area contributed by atoms with E-state index in [0.717, 1.165) is 18.2 Å². The topological polar surface area (TPSA) is 60.4 Å². The van der Waals surface area contributed by atoms with Crippen LogP contribution in [0.1, 0.15) is 38.5 Å². The number of fused-ring (bicyclic) bond motifs is 1. The maximum atomic E-state index is 13.3. The number of benzene rings is 1. The van der Waals surface area contributed by atoms with Gasteiger partial charge in [0.25, 0.3) is 0 Å². The van der Waals surface area contributed by atoms with Crippen molar-refractivity contribution >= 4 is 11.0 Å². The van der Waals surface area contributed by atoms with Crippen molar-refractivity contribution in [1.29, 1.82) is 0 Å². The highest BCUT2D eigenvalue weighted by Crippen LogP contribution is 2.36. The van der Waals surface area contributed by atoms with E-state index in [1.807, 2.05) is 19.9 Å². The number of halogens is 1. The number of furan rings is 1. The second-order valence-electron chi connectivity index (χ2n) is 4.91. The maximum Gasteiger partial charge on any atom is 0.134 e. The molecule has 0 saturated carbocycles. The molecule has 5 heteroatoms. The van der Waals surface area contributed by atoms with Gasteiger partial charge in [0.2, 0.25) is 0 Å². The van der Waals surface area contributed by atoms with Crippen LogP contribution in [-0.4, -0.2) is 12.7 Å². The monoisotopic (exact) mass is 280 g/mol. The first-order chi connectivity index (χ1) is 9.60. The molecule has 1 aromatic heterocycles. The van der Waals surface area contributed by atoms with E-state index in [4.69, 9.17) is 15.0 Å². The Bertz CT molecular complexity index is 570. The highest BCUT2D eigenvalue weighted by atomic mass is 19.1. The molecular weight excluding hydrogens is 259 g/mol. The van der Waals surface area contributed by atoms with Crippen LogP contribution in [0.25, 0.3) is 11.0 Å². The van der Waals surface area contributed by atoms with Gasteiger partial charge >= 0.3 is 0 Å². The summed E-state index contributed by atoms with van der Waals surface area (Å²) in [5, 5.41) is 0.720. The number of methoxy groups -OCH3 is 1. The number of hydrogen-bond donors (Lipinski definition) is 2. The van der Waals surface area contributed by atoms with Gasteiger partial charge in [0, 0.05) is 12.5 Å². The molecule has 0 aliphatic rings. The molecule has 1 aromatic carbocycles. The molecule has 0 saturated heterocycles. The van der Waals surface area contributed by atoms with E-state index < -0.39 is 5.60 Å². The molecule has 0 spiro atoms. The molecule has 1 heterocycles. The lowest BCUT2D eigenvalue weighted by Gasteiger charge is -2.36. The van der Waals surface area contributed by atoms with Gasteiger partial charge in [-0.05, 0) is 37.1 Å². The third kappa shape index (κ3) is 2.44. The summed E-state index contributed by atoms with van der Waals surface area (Å²) >= 11 is 0. The molecule has 1 unspecified atom stereocenters. The summed E-state index contributed by atoms with van der Waals surface area (Å²) in [6.45, 7) is 4.08. The van der Waals surface area contributed by atoms with E-state index in [2.05, 4.69) is 5.43 Å². The van der Waals surface area contributed by atoms with E-state index in [0.29, 0.717) is 11.3 Å². The summed E-state index contributed by atoms with van der Waals surface area (Å²) in [7, 11) is 1.67. The molecule has 110 valence electrons. The lowest BCUT2D eigenvalue weighted by atomic mass is 9.87.